The summed E-state index contributed by atoms with van der Waals surface area (Å²) in [5, 5.41) is 3.11. The van der Waals surface area contributed by atoms with Crippen LogP contribution in [0, 0.1) is 5.41 Å². The maximum Gasteiger partial charge on any atom is 0.227 e. The molecule has 0 radical (unpaired) electrons. The van der Waals surface area contributed by atoms with Crippen molar-refractivity contribution in [3.63, 3.8) is 0 Å². The van der Waals surface area contributed by atoms with Crippen molar-refractivity contribution in [2.45, 2.75) is 38.6 Å². The van der Waals surface area contributed by atoms with Crippen molar-refractivity contribution in [2.75, 3.05) is 6.54 Å². The van der Waals surface area contributed by atoms with Gasteiger partial charge < -0.3 is 11.1 Å². The first-order chi connectivity index (χ1) is 8.68. The summed E-state index contributed by atoms with van der Waals surface area (Å²) in [4.78, 5) is 12.4. The third-order valence-corrected chi connectivity index (χ3v) is 4.08. The minimum absolute atomic E-state index is 0.0442. The highest BCUT2D eigenvalue weighted by Gasteiger charge is 2.40. The van der Waals surface area contributed by atoms with E-state index in [2.05, 4.69) is 5.32 Å². The molecule has 1 saturated carbocycles. The van der Waals surface area contributed by atoms with E-state index < -0.39 is 0 Å². The number of hydrogen-bond donors (Lipinski definition) is 2. The smallest absolute Gasteiger partial charge is 0.227 e. The fourth-order valence-electron chi connectivity index (χ4n) is 2.75. The standard InChI is InChI=1S/C15H22N2O/c1-12(13-7-3-2-4-8-13)17-14(18)15(11-16)9-5-6-10-15/h2-4,7-8,12H,5-6,9-11,16H2,1H3,(H,17,18). The Morgan fingerprint density at radius 3 is 2.50 bits per heavy atom. The maximum atomic E-state index is 12.4. The molecule has 3 heteroatoms. The lowest BCUT2D eigenvalue weighted by molar-refractivity contribution is -0.131. The summed E-state index contributed by atoms with van der Waals surface area (Å²) in [6.07, 6.45) is 4.09. The zero-order valence-electron chi connectivity index (χ0n) is 11.0. The maximum absolute atomic E-state index is 12.4. The Bertz CT molecular complexity index is 396. The van der Waals surface area contributed by atoms with Crippen LogP contribution in [0.15, 0.2) is 30.3 Å². The van der Waals surface area contributed by atoms with Gasteiger partial charge in [0.1, 0.15) is 0 Å². The molecule has 18 heavy (non-hydrogen) atoms. The van der Waals surface area contributed by atoms with Crippen LogP contribution in [0.1, 0.15) is 44.2 Å². The topological polar surface area (TPSA) is 55.1 Å². The molecule has 0 bridgehead atoms. The summed E-state index contributed by atoms with van der Waals surface area (Å²) in [6.45, 7) is 2.48. The van der Waals surface area contributed by atoms with Gasteiger partial charge in [-0.1, -0.05) is 43.2 Å². The van der Waals surface area contributed by atoms with Gasteiger partial charge in [0.15, 0.2) is 0 Å². The lowest BCUT2D eigenvalue weighted by atomic mass is 9.85. The number of hydrogen-bond acceptors (Lipinski definition) is 2. The Morgan fingerprint density at radius 1 is 1.33 bits per heavy atom. The van der Waals surface area contributed by atoms with Crippen LogP contribution in [0.2, 0.25) is 0 Å². The second-order valence-corrected chi connectivity index (χ2v) is 5.30. The fraction of sp³-hybridized carbons (Fsp3) is 0.533. The summed E-state index contributed by atoms with van der Waals surface area (Å²) < 4.78 is 0. The zero-order valence-corrected chi connectivity index (χ0v) is 11.0. The molecule has 2 rings (SSSR count). The Kier molecular flexibility index (Phi) is 4.02. The predicted molar refractivity (Wildman–Crippen MR) is 73.0 cm³/mol. The van der Waals surface area contributed by atoms with E-state index in [1.54, 1.807) is 0 Å². The largest absolute Gasteiger partial charge is 0.349 e. The van der Waals surface area contributed by atoms with Crippen molar-refractivity contribution in [2.24, 2.45) is 11.1 Å². The third kappa shape index (κ3) is 2.56. The SMILES string of the molecule is CC(NC(=O)C1(CN)CCCC1)c1ccccc1. The van der Waals surface area contributed by atoms with E-state index in [1.807, 2.05) is 37.3 Å². The van der Waals surface area contributed by atoms with Crippen LogP contribution < -0.4 is 11.1 Å². The highest BCUT2D eigenvalue weighted by molar-refractivity contribution is 5.83. The van der Waals surface area contributed by atoms with Gasteiger partial charge in [0, 0.05) is 6.54 Å². The number of nitrogens with two attached hydrogens (primary N) is 1. The Balaban J connectivity index is 2.03. The number of carbonyl (C=O) groups excluding carboxylic acids is 1. The molecule has 0 aromatic heterocycles. The van der Waals surface area contributed by atoms with E-state index in [0.717, 1.165) is 31.2 Å². The second kappa shape index (κ2) is 5.53. The van der Waals surface area contributed by atoms with Gasteiger partial charge in [0.2, 0.25) is 5.91 Å². The molecule has 1 aliphatic rings. The molecular formula is C15H22N2O. The van der Waals surface area contributed by atoms with E-state index >= 15 is 0 Å². The van der Waals surface area contributed by atoms with Crippen LogP contribution in [0.4, 0.5) is 0 Å². The summed E-state index contributed by atoms with van der Waals surface area (Å²) in [6, 6.07) is 10.1. The summed E-state index contributed by atoms with van der Waals surface area (Å²) in [5.74, 6) is 0.124. The van der Waals surface area contributed by atoms with E-state index in [4.69, 9.17) is 5.73 Å². The number of benzene rings is 1. The van der Waals surface area contributed by atoms with Crippen molar-refractivity contribution in [1.82, 2.24) is 5.32 Å². The van der Waals surface area contributed by atoms with Crippen molar-refractivity contribution in [3.05, 3.63) is 35.9 Å². The van der Waals surface area contributed by atoms with Crippen molar-refractivity contribution in [3.8, 4) is 0 Å². The van der Waals surface area contributed by atoms with E-state index in [9.17, 15) is 4.79 Å². The van der Waals surface area contributed by atoms with E-state index in [1.165, 1.54) is 0 Å². The van der Waals surface area contributed by atoms with E-state index in [0.29, 0.717) is 6.54 Å². The minimum atomic E-state index is -0.316. The lowest BCUT2D eigenvalue weighted by Crippen LogP contribution is -2.44. The van der Waals surface area contributed by atoms with Crippen LogP contribution in [0.25, 0.3) is 0 Å². The highest BCUT2D eigenvalue weighted by Crippen LogP contribution is 2.37. The highest BCUT2D eigenvalue weighted by atomic mass is 16.2. The molecule has 1 aromatic carbocycles. The monoisotopic (exact) mass is 246 g/mol. The molecule has 0 saturated heterocycles. The number of rotatable bonds is 4. The first-order valence-corrected chi connectivity index (χ1v) is 6.74. The molecule has 1 atom stereocenters. The molecule has 3 nitrogen and oxygen atoms in total. The average molecular weight is 246 g/mol. The second-order valence-electron chi connectivity index (χ2n) is 5.30. The first-order valence-electron chi connectivity index (χ1n) is 6.74. The van der Waals surface area contributed by atoms with Gasteiger partial charge in [0.25, 0.3) is 0 Å². The van der Waals surface area contributed by atoms with Gasteiger partial charge in [-0.2, -0.15) is 0 Å². The number of carbonyl (C=O) groups is 1. The molecule has 3 N–H and O–H groups in total. The van der Waals surface area contributed by atoms with Crippen molar-refractivity contribution in [1.29, 1.82) is 0 Å². The fourth-order valence-corrected chi connectivity index (χ4v) is 2.75. The van der Waals surface area contributed by atoms with Gasteiger partial charge in [-0.3, -0.25) is 4.79 Å². The van der Waals surface area contributed by atoms with Gasteiger partial charge in [0.05, 0.1) is 11.5 Å². The summed E-state index contributed by atoms with van der Waals surface area (Å²) in [5.41, 5.74) is 6.64. The quantitative estimate of drug-likeness (QED) is 0.857. The minimum Gasteiger partial charge on any atom is -0.349 e. The molecule has 1 aromatic rings. The molecule has 1 aliphatic carbocycles. The molecule has 0 aliphatic heterocycles. The summed E-state index contributed by atoms with van der Waals surface area (Å²) >= 11 is 0. The molecular weight excluding hydrogens is 224 g/mol. The number of nitrogens with one attached hydrogen (secondary N) is 1. The van der Waals surface area contributed by atoms with Crippen molar-refractivity contribution >= 4 is 5.91 Å². The van der Waals surface area contributed by atoms with Crippen LogP contribution >= 0.6 is 0 Å². The predicted octanol–water partition coefficient (Wildman–Crippen LogP) is 2.38. The van der Waals surface area contributed by atoms with E-state index in [-0.39, 0.29) is 17.4 Å². The molecule has 0 spiro atoms. The normalized spacial score (nSPS) is 19.4. The molecule has 1 fully saturated rings. The van der Waals surface area contributed by atoms with Crippen LogP contribution in [-0.2, 0) is 4.79 Å². The third-order valence-electron chi connectivity index (χ3n) is 4.08. The molecule has 98 valence electrons. The average Bonchev–Trinajstić information content (AvgIpc) is 2.89. The Labute approximate surface area is 109 Å². The van der Waals surface area contributed by atoms with Gasteiger partial charge in [-0.25, -0.2) is 0 Å². The Hall–Kier alpha value is -1.35. The van der Waals surface area contributed by atoms with Crippen LogP contribution in [0.5, 0.6) is 0 Å². The molecule has 0 heterocycles. The van der Waals surface area contributed by atoms with Gasteiger partial charge >= 0.3 is 0 Å². The lowest BCUT2D eigenvalue weighted by Gasteiger charge is -2.28. The zero-order chi connectivity index (χ0) is 13.0. The summed E-state index contributed by atoms with van der Waals surface area (Å²) in [7, 11) is 0. The van der Waals surface area contributed by atoms with Crippen LogP contribution in [0.3, 0.4) is 0 Å². The molecule has 1 amide bonds. The first kappa shape index (κ1) is 13.1. The van der Waals surface area contributed by atoms with Crippen LogP contribution in [-0.4, -0.2) is 12.5 Å². The number of amides is 1. The van der Waals surface area contributed by atoms with Gasteiger partial charge in [-0.15, -0.1) is 0 Å². The Morgan fingerprint density at radius 2 is 1.94 bits per heavy atom. The molecule has 1 unspecified atom stereocenters. The van der Waals surface area contributed by atoms with Gasteiger partial charge in [-0.05, 0) is 25.3 Å². The van der Waals surface area contributed by atoms with Crippen molar-refractivity contribution < 1.29 is 4.79 Å².